The van der Waals surface area contributed by atoms with Crippen LogP contribution in [-0.4, -0.2) is 0 Å². The first-order valence-corrected chi connectivity index (χ1v) is 5.46. The van der Waals surface area contributed by atoms with Crippen molar-refractivity contribution >= 4 is 0 Å². The van der Waals surface area contributed by atoms with Gasteiger partial charge in [0.2, 0.25) is 0 Å². The quantitative estimate of drug-likeness (QED) is 0.528. The Morgan fingerprint density at radius 3 is 1.85 bits per heavy atom. The van der Waals surface area contributed by atoms with Gasteiger partial charge in [0, 0.05) is 0 Å². The summed E-state index contributed by atoms with van der Waals surface area (Å²) < 4.78 is 0. The van der Waals surface area contributed by atoms with E-state index in [0.717, 1.165) is 0 Å². The van der Waals surface area contributed by atoms with Crippen LogP contribution in [0.3, 0.4) is 0 Å². The topological polar surface area (TPSA) is 0 Å². The van der Waals surface area contributed by atoms with Crippen LogP contribution in [0.5, 0.6) is 0 Å². The highest BCUT2D eigenvalue weighted by Crippen LogP contribution is 2.54. The first kappa shape index (κ1) is 9.05. The van der Waals surface area contributed by atoms with Gasteiger partial charge in [0.05, 0.1) is 0 Å². The molecule has 0 aliphatic heterocycles. The molecule has 1 unspecified atom stereocenters. The van der Waals surface area contributed by atoms with Crippen molar-refractivity contribution in [3.63, 3.8) is 0 Å². The SMILES string of the molecule is CC1(C2(C)CC=CCC2)CC=CC1. The largest absolute Gasteiger partial charge is 0.0885 e. The predicted molar refractivity (Wildman–Crippen MR) is 57.6 cm³/mol. The minimum Gasteiger partial charge on any atom is -0.0885 e. The Hall–Kier alpha value is -0.520. The van der Waals surface area contributed by atoms with E-state index in [1.165, 1.54) is 32.1 Å². The van der Waals surface area contributed by atoms with Crippen LogP contribution in [0, 0.1) is 10.8 Å². The average Bonchev–Trinajstić information content (AvgIpc) is 2.55. The highest BCUT2D eigenvalue weighted by molar-refractivity contribution is 5.11. The Balaban J connectivity index is 2.18. The predicted octanol–water partition coefficient (Wildman–Crippen LogP) is 4.09. The van der Waals surface area contributed by atoms with Gasteiger partial charge in [0.1, 0.15) is 0 Å². The van der Waals surface area contributed by atoms with E-state index >= 15 is 0 Å². The molecular formula is C13H20. The first-order valence-electron chi connectivity index (χ1n) is 5.46. The number of allylic oxidation sites excluding steroid dienone is 4. The average molecular weight is 176 g/mol. The molecule has 0 heteroatoms. The lowest BCUT2D eigenvalue weighted by atomic mass is 9.59. The Kier molecular flexibility index (Phi) is 2.09. The molecule has 2 aliphatic carbocycles. The summed E-state index contributed by atoms with van der Waals surface area (Å²) >= 11 is 0. The summed E-state index contributed by atoms with van der Waals surface area (Å²) in [5.41, 5.74) is 1.09. The van der Waals surface area contributed by atoms with Crippen LogP contribution in [0.2, 0.25) is 0 Å². The van der Waals surface area contributed by atoms with Crippen LogP contribution in [0.15, 0.2) is 24.3 Å². The van der Waals surface area contributed by atoms with Crippen molar-refractivity contribution in [1.29, 1.82) is 0 Å². The van der Waals surface area contributed by atoms with E-state index in [1.807, 2.05) is 0 Å². The molecule has 2 aliphatic rings. The molecule has 13 heavy (non-hydrogen) atoms. The van der Waals surface area contributed by atoms with Crippen molar-refractivity contribution in [3.05, 3.63) is 24.3 Å². The maximum Gasteiger partial charge on any atom is -0.0200 e. The molecule has 0 aromatic heterocycles. The van der Waals surface area contributed by atoms with Gasteiger partial charge in [-0.3, -0.25) is 0 Å². The zero-order chi connectivity index (χ0) is 9.36. The van der Waals surface area contributed by atoms with Gasteiger partial charge in [-0.05, 0) is 42.9 Å². The van der Waals surface area contributed by atoms with Gasteiger partial charge in [-0.25, -0.2) is 0 Å². The lowest BCUT2D eigenvalue weighted by Gasteiger charge is -2.45. The summed E-state index contributed by atoms with van der Waals surface area (Å²) in [6.07, 6.45) is 16.0. The van der Waals surface area contributed by atoms with E-state index in [0.29, 0.717) is 10.8 Å². The minimum atomic E-state index is 0.539. The van der Waals surface area contributed by atoms with E-state index in [1.54, 1.807) is 0 Å². The smallest absolute Gasteiger partial charge is 0.0200 e. The summed E-state index contributed by atoms with van der Waals surface area (Å²) in [5, 5.41) is 0. The lowest BCUT2D eigenvalue weighted by Crippen LogP contribution is -2.36. The van der Waals surface area contributed by atoms with Crippen LogP contribution in [-0.2, 0) is 0 Å². The molecule has 0 bridgehead atoms. The molecule has 2 rings (SSSR count). The standard InChI is InChI=1S/C13H20/c1-12(8-4-3-5-9-12)13(2)10-6-7-11-13/h3-4,6-7H,5,8-11H2,1-2H3. The van der Waals surface area contributed by atoms with E-state index < -0.39 is 0 Å². The summed E-state index contributed by atoms with van der Waals surface area (Å²) in [7, 11) is 0. The molecule has 72 valence electrons. The maximum atomic E-state index is 2.48. The van der Waals surface area contributed by atoms with Crippen LogP contribution in [0.25, 0.3) is 0 Å². The van der Waals surface area contributed by atoms with Crippen molar-refractivity contribution < 1.29 is 0 Å². The third-order valence-corrected chi connectivity index (χ3v) is 4.36. The second-order valence-corrected chi connectivity index (χ2v) is 5.22. The fourth-order valence-corrected chi connectivity index (χ4v) is 2.78. The fraction of sp³-hybridized carbons (Fsp3) is 0.692. The molecular weight excluding hydrogens is 156 g/mol. The maximum absolute atomic E-state index is 2.48. The normalized spacial score (nSPS) is 36.8. The van der Waals surface area contributed by atoms with Crippen molar-refractivity contribution in [2.24, 2.45) is 10.8 Å². The van der Waals surface area contributed by atoms with Crippen LogP contribution >= 0.6 is 0 Å². The summed E-state index contributed by atoms with van der Waals surface area (Å²) in [4.78, 5) is 0. The van der Waals surface area contributed by atoms with Crippen LogP contribution in [0.4, 0.5) is 0 Å². The zero-order valence-electron chi connectivity index (χ0n) is 8.84. The highest BCUT2D eigenvalue weighted by atomic mass is 14.5. The van der Waals surface area contributed by atoms with Gasteiger partial charge >= 0.3 is 0 Å². The third-order valence-electron chi connectivity index (χ3n) is 4.36. The molecule has 0 heterocycles. The van der Waals surface area contributed by atoms with Gasteiger partial charge in [0.15, 0.2) is 0 Å². The molecule has 0 saturated heterocycles. The molecule has 0 radical (unpaired) electrons. The van der Waals surface area contributed by atoms with Gasteiger partial charge in [0.25, 0.3) is 0 Å². The summed E-state index contributed by atoms with van der Waals surface area (Å²) in [5.74, 6) is 0. The van der Waals surface area contributed by atoms with Crippen molar-refractivity contribution in [1.82, 2.24) is 0 Å². The molecule has 1 atom stereocenters. The molecule has 0 fully saturated rings. The van der Waals surface area contributed by atoms with Crippen LogP contribution < -0.4 is 0 Å². The molecule has 0 N–H and O–H groups in total. The van der Waals surface area contributed by atoms with Gasteiger partial charge < -0.3 is 0 Å². The van der Waals surface area contributed by atoms with E-state index in [-0.39, 0.29) is 0 Å². The van der Waals surface area contributed by atoms with Crippen molar-refractivity contribution in [3.8, 4) is 0 Å². The lowest BCUT2D eigenvalue weighted by molar-refractivity contribution is 0.0704. The van der Waals surface area contributed by atoms with Crippen molar-refractivity contribution in [2.45, 2.75) is 46.0 Å². The number of rotatable bonds is 1. The van der Waals surface area contributed by atoms with Gasteiger partial charge in [-0.2, -0.15) is 0 Å². The highest BCUT2D eigenvalue weighted by Gasteiger charge is 2.43. The van der Waals surface area contributed by atoms with Gasteiger partial charge in [-0.15, -0.1) is 0 Å². The van der Waals surface area contributed by atoms with E-state index in [2.05, 4.69) is 38.2 Å². The van der Waals surface area contributed by atoms with E-state index in [4.69, 9.17) is 0 Å². The zero-order valence-corrected chi connectivity index (χ0v) is 8.84. The third kappa shape index (κ3) is 1.37. The monoisotopic (exact) mass is 176 g/mol. The van der Waals surface area contributed by atoms with Crippen molar-refractivity contribution in [2.75, 3.05) is 0 Å². The second-order valence-electron chi connectivity index (χ2n) is 5.22. The second kappa shape index (κ2) is 3.01. The number of hydrogen-bond acceptors (Lipinski definition) is 0. The summed E-state index contributed by atoms with van der Waals surface area (Å²) in [6, 6.07) is 0. The Morgan fingerprint density at radius 1 is 0.769 bits per heavy atom. The molecule has 0 aromatic rings. The summed E-state index contributed by atoms with van der Waals surface area (Å²) in [6.45, 7) is 4.94. The molecule has 0 aromatic carbocycles. The molecule has 0 amide bonds. The Labute approximate surface area is 81.7 Å². The van der Waals surface area contributed by atoms with Crippen LogP contribution in [0.1, 0.15) is 46.0 Å². The first-order chi connectivity index (χ1) is 6.16. The van der Waals surface area contributed by atoms with E-state index in [9.17, 15) is 0 Å². The molecule has 0 nitrogen and oxygen atoms in total. The van der Waals surface area contributed by atoms with Gasteiger partial charge in [-0.1, -0.05) is 38.2 Å². The molecule has 0 spiro atoms. The minimum absolute atomic E-state index is 0.539. The Bertz CT molecular complexity index is 239. The molecule has 0 saturated carbocycles. The Morgan fingerprint density at radius 2 is 1.31 bits per heavy atom. The fourth-order valence-electron chi connectivity index (χ4n) is 2.78. The number of hydrogen-bond donors (Lipinski definition) is 0.